The number of nitrogens with zero attached hydrogens (tertiary/aromatic N) is 1. The van der Waals surface area contributed by atoms with Crippen LogP contribution in [0.4, 0.5) is 0 Å². The van der Waals surface area contributed by atoms with E-state index in [9.17, 15) is 0 Å². The van der Waals surface area contributed by atoms with Crippen LogP contribution in [0.25, 0.3) is 0 Å². The molecule has 0 aromatic rings. The zero-order valence-electron chi connectivity index (χ0n) is 15.0. The van der Waals surface area contributed by atoms with Crippen LogP contribution >= 0.6 is 0 Å². The Labute approximate surface area is 128 Å². The molecule has 0 spiro atoms. The van der Waals surface area contributed by atoms with Gasteiger partial charge in [-0.2, -0.15) is 0 Å². The van der Waals surface area contributed by atoms with Crippen molar-refractivity contribution in [1.82, 2.24) is 10.2 Å². The highest BCUT2D eigenvalue weighted by molar-refractivity contribution is 4.66. The number of hydrogen-bond acceptors (Lipinski definition) is 2. The second-order valence-electron chi connectivity index (χ2n) is 6.98. The van der Waals surface area contributed by atoms with E-state index in [1.807, 2.05) is 0 Å². The molecular weight excluding hydrogens is 244 g/mol. The minimum Gasteiger partial charge on any atom is -0.315 e. The number of rotatable bonds is 13. The Kier molecular flexibility index (Phi) is 12.6. The molecule has 0 aliphatic carbocycles. The van der Waals surface area contributed by atoms with E-state index in [4.69, 9.17) is 0 Å². The predicted octanol–water partition coefficient (Wildman–Crippen LogP) is 4.55. The third-order valence-corrected chi connectivity index (χ3v) is 4.01. The molecule has 1 N–H and O–H groups in total. The lowest BCUT2D eigenvalue weighted by molar-refractivity contribution is 0.207. The van der Waals surface area contributed by atoms with Crippen molar-refractivity contribution in [2.45, 2.75) is 79.7 Å². The molecule has 0 fully saturated rings. The maximum absolute atomic E-state index is 3.50. The molecular formula is C18H40N2. The molecule has 0 saturated heterocycles. The molecule has 0 aromatic carbocycles. The minimum atomic E-state index is 0.632. The van der Waals surface area contributed by atoms with Gasteiger partial charge in [-0.25, -0.2) is 0 Å². The lowest BCUT2D eigenvalue weighted by Gasteiger charge is -2.27. The van der Waals surface area contributed by atoms with E-state index < -0.39 is 0 Å². The monoisotopic (exact) mass is 284 g/mol. The summed E-state index contributed by atoms with van der Waals surface area (Å²) in [6.07, 6.45) is 6.85. The van der Waals surface area contributed by atoms with Gasteiger partial charge >= 0.3 is 0 Å². The van der Waals surface area contributed by atoms with Gasteiger partial charge in [0.05, 0.1) is 0 Å². The van der Waals surface area contributed by atoms with Crippen molar-refractivity contribution in [1.29, 1.82) is 0 Å². The van der Waals surface area contributed by atoms with E-state index in [0.29, 0.717) is 6.04 Å². The van der Waals surface area contributed by atoms with Crippen LogP contribution in [0.15, 0.2) is 0 Å². The molecule has 0 heterocycles. The first-order chi connectivity index (χ1) is 9.49. The van der Waals surface area contributed by atoms with E-state index in [-0.39, 0.29) is 0 Å². The smallest absolute Gasteiger partial charge is 0.00103 e. The zero-order valence-corrected chi connectivity index (χ0v) is 15.0. The van der Waals surface area contributed by atoms with E-state index in [0.717, 1.165) is 11.8 Å². The molecule has 0 aliphatic rings. The van der Waals surface area contributed by atoms with Gasteiger partial charge < -0.3 is 10.2 Å². The van der Waals surface area contributed by atoms with Crippen molar-refractivity contribution >= 4 is 0 Å². The minimum absolute atomic E-state index is 0.632. The van der Waals surface area contributed by atoms with Gasteiger partial charge in [-0.3, -0.25) is 0 Å². The molecule has 0 aromatic heterocycles. The topological polar surface area (TPSA) is 15.3 Å². The van der Waals surface area contributed by atoms with E-state index >= 15 is 0 Å². The second kappa shape index (κ2) is 12.6. The molecule has 1 atom stereocenters. The van der Waals surface area contributed by atoms with Gasteiger partial charge in [0.2, 0.25) is 0 Å². The fraction of sp³-hybridized carbons (Fsp3) is 1.00. The molecule has 0 aliphatic heterocycles. The SMILES string of the molecule is CCC(CCCCCNC(C)C)CN(CC)CC(C)C. The van der Waals surface area contributed by atoms with Crippen LogP contribution in [-0.4, -0.2) is 37.1 Å². The molecule has 0 saturated carbocycles. The molecule has 2 nitrogen and oxygen atoms in total. The molecule has 0 rings (SSSR count). The number of hydrogen-bond donors (Lipinski definition) is 1. The first-order valence-corrected chi connectivity index (χ1v) is 8.95. The van der Waals surface area contributed by atoms with Gasteiger partial charge in [0.1, 0.15) is 0 Å². The highest BCUT2D eigenvalue weighted by atomic mass is 15.1. The Morgan fingerprint density at radius 3 is 2.10 bits per heavy atom. The van der Waals surface area contributed by atoms with Crippen LogP contribution in [0, 0.1) is 11.8 Å². The van der Waals surface area contributed by atoms with Crippen molar-refractivity contribution in [3.8, 4) is 0 Å². The van der Waals surface area contributed by atoms with E-state index in [2.05, 4.69) is 51.8 Å². The van der Waals surface area contributed by atoms with Crippen LogP contribution in [0.3, 0.4) is 0 Å². The molecule has 0 amide bonds. The van der Waals surface area contributed by atoms with E-state index in [1.165, 1.54) is 58.3 Å². The summed E-state index contributed by atoms with van der Waals surface area (Å²) < 4.78 is 0. The molecule has 20 heavy (non-hydrogen) atoms. The average molecular weight is 285 g/mol. The van der Waals surface area contributed by atoms with Crippen LogP contribution in [-0.2, 0) is 0 Å². The Bertz CT molecular complexity index is 202. The highest BCUT2D eigenvalue weighted by Gasteiger charge is 2.12. The van der Waals surface area contributed by atoms with Crippen molar-refractivity contribution in [2.75, 3.05) is 26.2 Å². The largest absolute Gasteiger partial charge is 0.315 e. The predicted molar refractivity (Wildman–Crippen MR) is 92.3 cm³/mol. The van der Waals surface area contributed by atoms with Crippen LogP contribution in [0.5, 0.6) is 0 Å². The van der Waals surface area contributed by atoms with Gasteiger partial charge in [-0.15, -0.1) is 0 Å². The maximum Gasteiger partial charge on any atom is 0.00103 e. The first-order valence-electron chi connectivity index (χ1n) is 8.95. The van der Waals surface area contributed by atoms with Gasteiger partial charge in [0.25, 0.3) is 0 Å². The molecule has 122 valence electrons. The fourth-order valence-corrected chi connectivity index (χ4v) is 2.76. The number of unbranched alkanes of at least 4 members (excludes halogenated alkanes) is 2. The second-order valence-corrected chi connectivity index (χ2v) is 6.98. The summed E-state index contributed by atoms with van der Waals surface area (Å²) in [5.41, 5.74) is 0. The summed E-state index contributed by atoms with van der Waals surface area (Å²) in [7, 11) is 0. The number of nitrogens with one attached hydrogen (secondary N) is 1. The summed E-state index contributed by atoms with van der Waals surface area (Å²) in [6, 6.07) is 0.632. The zero-order chi connectivity index (χ0) is 15.4. The maximum atomic E-state index is 3.50. The normalized spacial score (nSPS) is 13.7. The van der Waals surface area contributed by atoms with Crippen LogP contribution in [0.1, 0.15) is 73.6 Å². The summed E-state index contributed by atoms with van der Waals surface area (Å²) >= 11 is 0. The Morgan fingerprint density at radius 1 is 0.900 bits per heavy atom. The van der Waals surface area contributed by atoms with Crippen LogP contribution < -0.4 is 5.32 Å². The van der Waals surface area contributed by atoms with Crippen molar-refractivity contribution in [2.24, 2.45) is 11.8 Å². The van der Waals surface area contributed by atoms with Gasteiger partial charge in [-0.1, -0.05) is 60.8 Å². The summed E-state index contributed by atoms with van der Waals surface area (Å²) in [5, 5.41) is 3.50. The van der Waals surface area contributed by atoms with Crippen molar-refractivity contribution in [3.05, 3.63) is 0 Å². The summed E-state index contributed by atoms with van der Waals surface area (Å²) in [5.74, 6) is 1.68. The third-order valence-electron chi connectivity index (χ3n) is 4.01. The van der Waals surface area contributed by atoms with Gasteiger partial charge in [0, 0.05) is 19.1 Å². The lowest BCUT2D eigenvalue weighted by Crippen LogP contribution is -2.32. The Hall–Kier alpha value is -0.0800. The lowest BCUT2D eigenvalue weighted by atomic mass is 9.97. The quantitative estimate of drug-likeness (QED) is 0.499. The summed E-state index contributed by atoms with van der Waals surface area (Å²) in [4.78, 5) is 2.64. The summed E-state index contributed by atoms with van der Waals surface area (Å²) in [6.45, 7) is 18.7. The average Bonchev–Trinajstić information content (AvgIpc) is 2.39. The van der Waals surface area contributed by atoms with Crippen molar-refractivity contribution in [3.63, 3.8) is 0 Å². The van der Waals surface area contributed by atoms with Crippen LogP contribution in [0.2, 0.25) is 0 Å². The van der Waals surface area contributed by atoms with Crippen molar-refractivity contribution < 1.29 is 0 Å². The Balaban J connectivity index is 3.74. The standard InChI is InChI=1S/C18H40N2/c1-7-18(15-20(8-2)14-16(3)4)12-10-9-11-13-19-17(5)6/h16-19H,7-15H2,1-6H3. The Morgan fingerprint density at radius 2 is 1.60 bits per heavy atom. The molecule has 0 bridgehead atoms. The van der Waals surface area contributed by atoms with Gasteiger partial charge in [-0.05, 0) is 37.8 Å². The van der Waals surface area contributed by atoms with E-state index in [1.54, 1.807) is 0 Å². The highest BCUT2D eigenvalue weighted by Crippen LogP contribution is 2.16. The van der Waals surface area contributed by atoms with Gasteiger partial charge in [0.15, 0.2) is 0 Å². The molecule has 0 radical (unpaired) electrons. The molecule has 1 unspecified atom stereocenters. The molecule has 2 heteroatoms. The first kappa shape index (κ1) is 19.9. The fourth-order valence-electron chi connectivity index (χ4n) is 2.76. The third kappa shape index (κ3) is 11.7.